The average molecular weight is 169 g/mol. The van der Waals surface area contributed by atoms with Crippen LogP contribution >= 0.6 is 0 Å². The lowest BCUT2D eigenvalue weighted by Gasteiger charge is -2.35. The second-order valence-corrected chi connectivity index (χ2v) is 4.11. The van der Waals surface area contributed by atoms with Crippen molar-refractivity contribution in [2.75, 3.05) is 27.2 Å². The van der Waals surface area contributed by atoms with Crippen LogP contribution in [0.25, 0.3) is 0 Å². The van der Waals surface area contributed by atoms with Crippen LogP contribution in [0.5, 0.6) is 0 Å². The smallest absolute Gasteiger partial charge is 0.0502 e. The summed E-state index contributed by atoms with van der Waals surface area (Å²) in [6.45, 7) is 1.31. The molecule has 12 heavy (non-hydrogen) atoms. The molecule has 0 aromatic rings. The summed E-state index contributed by atoms with van der Waals surface area (Å²) in [7, 11) is 4.13. The van der Waals surface area contributed by atoms with Crippen molar-refractivity contribution in [2.24, 2.45) is 5.41 Å². The maximum absolute atomic E-state index is 9.33. The van der Waals surface area contributed by atoms with Gasteiger partial charge in [0.2, 0.25) is 0 Å². The highest BCUT2D eigenvalue weighted by atomic mass is 16.3. The van der Waals surface area contributed by atoms with E-state index >= 15 is 0 Å². The zero-order chi connectivity index (χ0) is 9.03. The molecule has 0 heterocycles. The summed E-state index contributed by atoms with van der Waals surface area (Å²) in [5.41, 5.74) is 0.137. The van der Waals surface area contributed by atoms with E-state index in [1.54, 1.807) is 0 Å². The van der Waals surface area contributed by atoms with Gasteiger partial charge in [0.1, 0.15) is 0 Å². The van der Waals surface area contributed by atoms with Gasteiger partial charge in [-0.3, -0.25) is 0 Å². The predicted octanol–water partition coefficient (Wildman–Crippen LogP) is 1.27. The van der Waals surface area contributed by atoms with Gasteiger partial charge in [-0.05, 0) is 33.4 Å². The summed E-state index contributed by atoms with van der Waals surface area (Å²) in [5, 5.41) is 9.33. The Morgan fingerprint density at radius 1 is 1.42 bits per heavy atom. The molecule has 0 saturated heterocycles. The van der Waals surface area contributed by atoms with Crippen molar-refractivity contribution in [3.63, 3.8) is 0 Å². The molecule has 1 N–H and O–H groups in total. The molecule has 2 heteroatoms. The Morgan fingerprint density at radius 3 is 2.58 bits per heavy atom. The Labute approximate surface area is 74.9 Å². The number of aliphatic hydroxyl groups excluding tert-OH is 1. The third-order valence-electron chi connectivity index (χ3n) is 2.55. The first-order chi connectivity index (χ1) is 5.68. The maximum atomic E-state index is 9.33. The minimum absolute atomic E-state index is 0.137. The molecule has 1 unspecified atom stereocenters. The Bertz CT molecular complexity index is 165. The summed E-state index contributed by atoms with van der Waals surface area (Å²) >= 11 is 0. The maximum Gasteiger partial charge on any atom is 0.0502 e. The first-order valence-corrected chi connectivity index (χ1v) is 4.59. The van der Waals surface area contributed by atoms with Crippen LogP contribution in [0.2, 0.25) is 0 Å². The van der Waals surface area contributed by atoms with E-state index in [0.717, 1.165) is 25.8 Å². The van der Waals surface area contributed by atoms with E-state index in [9.17, 15) is 5.11 Å². The van der Waals surface area contributed by atoms with Crippen LogP contribution in [0.1, 0.15) is 19.3 Å². The van der Waals surface area contributed by atoms with Crippen LogP contribution in [0, 0.1) is 5.41 Å². The van der Waals surface area contributed by atoms with Crippen molar-refractivity contribution < 1.29 is 5.11 Å². The van der Waals surface area contributed by atoms with Gasteiger partial charge >= 0.3 is 0 Å². The zero-order valence-corrected chi connectivity index (χ0v) is 8.08. The van der Waals surface area contributed by atoms with Gasteiger partial charge in [0.05, 0.1) is 6.61 Å². The lowest BCUT2D eigenvalue weighted by molar-refractivity contribution is 0.0827. The van der Waals surface area contributed by atoms with E-state index in [0.29, 0.717) is 6.61 Å². The summed E-state index contributed by atoms with van der Waals surface area (Å²) < 4.78 is 0. The number of allylic oxidation sites excluding steroid dienone is 2. The summed E-state index contributed by atoms with van der Waals surface area (Å²) in [4.78, 5) is 2.16. The topological polar surface area (TPSA) is 23.5 Å². The van der Waals surface area contributed by atoms with Crippen LogP contribution in [-0.2, 0) is 0 Å². The van der Waals surface area contributed by atoms with Crippen molar-refractivity contribution in [2.45, 2.75) is 19.3 Å². The molecule has 0 saturated carbocycles. The van der Waals surface area contributed by atoms with Gasteiger partial charge in [0, 0.05) is 12.0 Å². The number of rotatable bonds is 3. The molecule has 2 nitrogen and oxygen atoms in total. The van der Waals surface area contributed by atoms with Crippen LogP contribution < -0.4 is 0 Å². The molecule has 1 aliphatic rings. The second-order valence-electron chi connectivity index (χ2n) is 4.11. The first-order valence-electron chi connectivity index (χ1n) is 4.59. The molecule has 0 fully saturated rings. The van der Waals surface area contributed by atoms with Gasteiger partial charge in [-0.1, -0.05) is 12.2 Å². The molecule has 0 aromatic carbocycles. The zero-order valence-electron chi connectivity index (χ0n) is 8.08. The molecule has 1 aliphatic carbocycles. The number of hydrogen-bond donors (Lipinski definition) is 1. The highest BCUT2D eigenvalue weighted by Crippen LogP contribution is 2.32. The molecule has 1 rings (SSSR count). The fourth-order valence-electron chi connectivity index (χ4n) is 1.95. The van der Waals surface area contributed by atoms with Crippen LogP contribution in [0.15, 0.2) is 12.2 Å². The fourth-order valence-corrected chi connectivity index (χ4v) is 1.95. The highest BCUT2D eigenvalue weighted by Gasteiger charge is 2.29. The molecule has 70 valence electrons. The highest BCUT2D eigenvalue weighted by molar-refractivity contribution is 4.98. The molecule has 0 radical (unpaired) electrons. The van der Waals surface area contributed by atoms with Crippen molar-refractivity contribution in [3.8, 4) is 0 Å². The summed E-state index contributed by atoms with van der Waals surface area (Å²) in [6.07, 6.45) is 7.68. The van der Waals surface area contributed by atoms with Crippen LogP contribution in [-0.4, -0.2) is 37.3 Å². The van der Waals surface area contributed by atoms with E-state index in [1.807, 2.05) is 0 Å². The SMILES string of the molecule is CN(C)CC1(CO)CC=CCC1. The molecule has 0 amide bonds. The monoisotopic (exact) mass is 169 g/mol. The van der Waals surface area contributed by atoms with Gasteiger partial charge in [-0.15, -0.1) is 0 Å². The second kappa shape index (κ2) is 4.06. The Balaban J connectivity index is 2.55. The van der Waals surface area contributed by atoms with Gasteiger partial charge in [0.15, 0.2) is 0 Å². The number of nitrogens with zero attached hydrogens (tertiary/aromatic N) is 1. The van der Waals surface area contributed by atoms with E-state index in [1.165, 1.54) is 0 Å². The molecule has 0 bridgehead atoms. The summed E-state index contributed by atoms with van der Waals surface area (Å²) in [6, 6.07) is 0. The van der Waals surface area contributed by atoms with Gasteiger partial charge in [0.25, 0.3) is 0 Å². The lowest BCUT2D eigenvalue weighted by atomic mass is 9.77. The van der Waals surface area contributed by atoms with Crippen molar-refractivity contribution in [1.82, 2.24) is 4.90 Å². The molecule has 1 atom stereocenters. The summed E-state index contributed by atoms with van der Waals surface area (Å²) in [5.74, 6) is 0. The van der Waals surface area contributed by atoms with Crippen molar-refractivity contribution in [3.05, 3.63) is 12.2 Å². The Hall–Kier alpha value is -0.340. The molecular formula is C10H19NO. The first kappa shape index (κ1) is 9.75. The normalized spacial score (nSPS) is 29.7. The van der Waals surface area contributed by atoms with Crippen LogP contribution in [0.3, 0.4) is 0 Å². The van der Waals surface area contributed by atoms with E-state index in [-0.39, 0.29) is 5.41 Å². The lowest BCUT2D eigenvalue weighted by Crippen LogP contribution is -2.37. The fraction of sp³-hybridized carbons (Fsp3) is 0.800. The minimum Gasteiger partial charge on any atom is -0.396 e. The molecular weight excluding hydrogens is 150 g/mol. The van der Waals surface area contributed by atoms with Crippen molar-refractivity contribution >= 4 is 0 Å². The van der Waals surface area contributed by atoms with Crippen molar-refractivity contribution in [1.29, 1.82) is 0 Å². The van der Waals surface area contributed by atoms with Gasteiger partial charge < -0.3 is 10.0 Å². The minimum atomic E-state index is 0.137. The third kappa shape index (κ3) is 2.32. The Kier molecular flexibility index (Phi) is 3.29. The predicted molar refractivity (Wildman–Crippen MR) is 51.1 cm³/mol. The third-order valence-corrected chi connectivity index (χ3v) is 2.55. The van der Waals surface area contributed by atoms with E-state index in [2.05, 4.69) is 31.1 Å². The quantitative estimate of drug-likeness (QED) is 0.643. The van der Waals surface area contributed by atoms with E-state index in [4.69, 9.17) is 0 Å². The van der Waals surface area contributed by atoms with Gasteiger partial charge in [-0.2, -0.15) is 0 Å². The molecule has 0 aliphatic heterocycles. The van der Waals surface area contributed by atoms with Gasteiger partial charge in [-0.25, -0.2) is 0 Å². The number of aliphatic hydroxyl groups is 1. The average Bonchev–Trinajstić information content (AvgIpc) is 2.05. The standard InChI is InChI=1S/C10H19NO/c1-11(2)8-10(9-12)6-4-3-5-7-10/h3-4,12H,5-9H2,1-2H3. The van der Waals surface area contributed by atoms with Crippen LogP contribution in [0.4, 0.5) is 0 Å². The molecule has 0 aromatic heterocycles. The van der Waals surface area contributed by atoms with E-state index < -0.39 is 0 Å². The molecule has 0 spiro atoms. The largest absolute Gasteiger partial charge is 0.396 e. The number of hydrogen-bond acceptors (Lipinski definition) is 2. The Morgan fingerprint density at radius 2 is 2.17 bits per heavy atom.